The van der Waals surface area contributed by atoms with Gasteiger partial charge in [-0.3, -0.25) is 0 Å². The van der Waals surface area contributed by atoms with Gasteiger partial charge >= 0.3 is 0 Å². The van der Waals surface area contributed by atoms with E-state index >= 15 is 0 Å². The molecule has 0 fully saturated rings. The molecule has 0 radical (unpaired) electrons. The number of aryl methyl sites for hydroxylation is 1. The van der Waals surface area contributed by atoms with Gasteiger partial charge in [-0.15, -0.1) is 0 Å². The fraction of sp³-hybridized carbons (Fsp3) is 0.462. The molecule has 1 rings (SSSR count). The molecule has 0 spiro atoms. The van der Waals surface area contributed by atoms with Crippen LogP contribution in [0.15, 0.2) is 23.4 Å². The molecule has 0 atom stereocenters. The molecule has 7 heteroatoms. The van der Waals surface area contributed by atoms with Crippen LogP contribution in [0, 0.1) is 6.92 Å². The zero-order valence-electron chi connectivity index (χ0n) is 11.7. The second kappa shape index (κ2) is 7.14. The molecule has 0 bridgehead atoms. The van der Waals surface area contributed by atoms with Crippen LogP contribution in [0.25, 0.3) is 0 Å². The molecule has 0 aliphatic carbocycles. The molecule has 1 aromatic carbocycles. The quantitative estimate of drug-likeness (QED) is 0.260. The molecule has 112 valence electrons. The summed E-state index contributed by atoms with van der Waals surface area (Å²) in [5, 5.41) is 11.6. The topological polar surface area (TPSA) is 102 Å². The summed E-state index contributed by atoms with van der Waals surface area (Å²) in [6.07, 6.45) is 0.434. The Hall–Kier alpha value is -1.76. The van der Waals surface area contributed by atoms with E-state index in [1.54, 1.807) is 25.1 Å². The van der Waals surface area contributed by atoms with E-state index in [-0.39, 0.29) is 17.3 Å². The molecule has 0 amide bonds. The van der Waals surface area contributed by atoms with Crippen molar-refractivity contribution in [3.63, 3.8) is 0 Å². The Labute approximate surface area is 119 Å². The minimum absolute atomic E-state index is 0.00316. The number of hydrogen-bond donors (Lipinski definition) is 2. The van der Waals surface area contributed by atoms with Gasteiger partial charge in [0.2, 0.25) is 0 Å². The number of sulfone groups is 1. The Bertz CT molecular complexity index is 582. The third-order valence-corrected chi connectivity index (χ3v) is 4.68. The van der Waals surface area contributed by atoms with Gasteiger partial charge in [0.1, 0.15) is 15.6 Å². The van der Waals surface area contributed by atoms with E-state index in [1.165, 1.54) is 0 Å². The zero-order chi connectivity index (χ0) is 15.2. The average Bonchev–Trinajstić information content (AvgIpc) is 2.44. The number of oxime groups is 1. The van der Waals surface area contributed by atoms with Gasteiger partial charge in [0, 0.05) is 11.3 Å². The summed E-state index contributed by atoms with van der Waals surface area (Å²) in [6, 6.07) is 5.18. The molecule has 0 saturated carbocycles. The zero-order valence-corrected chi connectivity index (χ0v) is 12.5. The standard InChI is InChI=1S/C13H20N2O4S/c1-3-20(17,18)8-4-7-19-12-9-11(13(14)15-16)6-5-10(12)2/h5-6,9,16H,3-4,7-8H2,1-2H3,(H2,14,15). The van der Waals surface area contributed by atoms with Crippen molar-refractivity contribution in [2.75, 3.05) is 18.1 Å². The van der Waals surface area contributed by atoms with Crippen LogP contribution in [-0.2, 0) is 9.84 Å². The van der Waals surface area contributed by atoms with Gasteiger partial charge in [0.25, 0.3) is 0 Å². The molecule has 0 saturated heterocycles. The van der Waals surface area contributed by atoms with Crippen LogP contribution < -0.4 is 10.5 Å². The Balaban J connectivity index is 2.64. The fourth-order valence-corrected chi connectivity index (χ4v) is 2.42. The maximum atomic E-state index is 11.3. The molecule has 0 aromatic heterocycles. The highest BCUT2D eigenvalue weighted by Crippen LogP contribution is 2.19. The van der Waals surface area contributed by atoms with E-state index in [0.29, 0.717) is 24.3 Å². The lowest BCUT2D eigenvalue weighted by molar-refractivity contribution is 0.314. The summed E-state index contributed by atoms with van der Waals surface area (Å²) in [6.45, 7) is 3.80. The van der Waals surface area contributed by atoms with E-state index in [9.17, 15) is 8.42 Å². The van der Waals surface area contributed by atoms with Gasteiger partial charge in [-0.1, -0.05) is 24.2 Å². The second-order valence-electron chi connectivity index (χ2n) is 4.40. The van der Waals surface area contributed by atoms with Crippen LogP contribution in [0.5, 0.6) is 5.75 Å². The Morgan fingerprint density at radius 2 is 2.15 bits per heavy atom. The Morgan fingerprint density at radius 1 is 1.45 bits per heavy atom. The van der Waals surface area contributed by atoms with Crippen molar-refractivity contribution < 1.29 is 18.4 Å². The van der Waals surface area contributed by atoms with Gasteiger partial charge < -0.3 is 15.7 Å². The first-order valence-corrected chi connectivity index (χ1v) is 8.13. The van der Waals surface area contributed by atoms with E-state index in [2.05, 4.69) is 5.16 Å². The minimum Gasteiger partial charge on any atom is -0.493 e. The van der Waals surface area contributed by atoms with E-state index in [0.717, 1.165) is 5.56 Å². The molecule has 0 aliphatic heterocycles. The first kappa shape index (κ1) is 16.3. The Kier molecular flexibility index (Phi) is 5.82. The molecule has 0 heterocycles. The van der Waals surface area contributed by atoms with Crippen LogP contribution in [0.4, 0.5) is 0 Å². The summed E-state index contributed by atoms with van der Waals surface area (Å²) >= 11 is 0. The van der Waals surface area contributed by atoms with Gasteiger partial charge in [-0.05, 0) is 25.0 Å². The van der Waals surface area contributed by atoms with E-state index < -0.39 is 9.84 Å². The number of nitrogens with two attached hydrogens (primary N) is 1. The first-order valence-electron chi connectivity index (χ1n) is 6.31. The number of nitrogens with zero attached hydrogens (tertiary/aromatic N) is 1. The maximum Gasteiger partial charge on any atom is 0.170 e. The largest absolute Gasteiger partial charge is 0.493 e. The second-order valence-corrected chi connectivity index (χ2v) is 6.88. The van der Waals surface area contributed by atoms with Crippen molar-refractivity contribution in [1.82, 2.24) is 0 Å². The lowest BCUT2D eigenvalue weighted by Crippen LogP contribution is -2.14. The van der Waals surface area contributed by atoms with Crippen LogP contribution in [0.3, 0.4) is 0 Å². The van der Waals surface area contributed by atoms with Crippen molar-refractivity contribution >= 4 is 15.7 Å². The number of hydrogen-bond acceptors (Lipinski definition) is 5. The van der Waals surface area contributed by atoms with Crippen molar-refractivity contribution in [3.05, 3.63) is 29.3 Å². The first-order chi connectivity index (χ1) is 9.39. The third-order valence-electron chi connectivity index (χ3n) is 2.89. The highest BCUT2D eigenvalue weighted by molar-refractivity contribution is 7.91. The lowest BCUT2D eigenvalue weighted by atomic mass is 10.1. The van der Waals surface area contributed by atoms with Gasteiger partial charge in [0.15, 0.2) is 5.84 Å². The van der Waals surface area contributed by atoms with Crippen LogP contribution in [0.2, 0.25) is 0 Å². The molecule has 0 unspecified atom stereocenters. The maximum absolute atomic E-state index is 11.3. The van der Waals surface area contributed by atoms with E-state index in [4.69, 9.17) is 15.7 Å². The van der Waals surface area contributed by atoms with Crippen molar-refractivity contribution in [2.45, 2.75) is 20.3 Å². The molecule has 20 heavy (non-hydrogen) atoms. The molecule has 0 aliphatic rings. The lowest BCUT2D eigenvalue weighted by Gasteiger charge is -2.10. The smallest absolute Gasteiger partial charge is 0.170 e. The number of ether oxygens (including phenoxy) is 1. The van der Waals surface area contributed by atoms with Gasteiger partial charge in [-0.2, -0.15) is 0 Å². The monoisotopic (exact) mass is 300 g/mol. The highest BCUT2D eigenvalue weighted by Gasteiger charge is 2.08. The van der Waals surface area contributed by atoms with Crippen molar-refractivity contribution in [1.29, 1.82) is 0 Å². The van der Waals surface area contributed by atoms with Crippen LogP contribution in [0.1, 0.15) is 24.5 Å². The predicted octanol–water partition coefficient (Wildman–Crippen LogP) is 1.29. The summed E-state index contributed by atoms with van der Waals surface area (Å²) < 4.78 is 28.2. The van der Waals surface area contributed by atoms with Crippen LogP contribution in [-0.4, -0.2) is 37.6 Å². The van der Waals surface area contributed by atoms with E-state index in [1.807, 2.05) is 6.92 Å². The number of benzene rings is 1. The summed E-state index contributed by atoms with van der Waals surface area (Å²) in [5.74, 6) is 0.861. The highest BCUT2D eigenvalue weighted by atomic mass is 32.2. The molecular formula is C13H20N2O4S. The van der Waals surface area contributed by atoms with Crippen molar-refractivity contribution in [3.8, 4) is 5.75 Å². The average molecular weight is 300 g/mol. The molecule has 6 nitrogen and oxygen atoms in total. The third kappa shape index (κ3) is 4.73. The Morgan fingerprint density at radius 3 is 2.75 bits per heavy atom. The summed E-state index contributed by atoms with van der Waals surface area (Å²) in [4.78, 5) is 0. The SMILES string of the molecule is CCS(=O)(=O)CCCOc1cc(/C(N)=N/O)ccc1C. The summed E-state index contributed by atoms with van der Waals surface area (Å²) in [7, 11) is -2.96. The van der Waals surface area contributed by atoms with Crippen LogP contribution >= 0.6 is 0 Å². The van der Waals surface area contributed by atoms with Crippen molar-refractivity contribution in [2.24, 2.45) is 10.9 Å². The number of rotatable bonds is 7. The molecular weight excluding hydrogens is 280 g/mol. The molecule has 3 N–H and O–H groups in total. The summed E-state index contributed by atoms with van der Waals surface area (Å²) in [5.41, 5.74) is 6.96. The fourth-order valence-electron chi connectivity index (χ4n) is 1.58. The normalized spacial score (nSPS) is 12.4. The molecule has 1 aromatic rings. The minimum atomic E-state index is -2.96. The van der Waals surface area contributed by atoms with Gasteiger partial charge in [0.05, 0.1) is 12.4 Å². The number of amidine groups is 1. The van der Waals surface area contributed by atoms with Gasteiger partial charge in [-0.25, -0.2) is 8.42 Å². The predicted molar refractivity (Wildman–Crippen MR) is 78.1 cm³/mol.